The maximum Gasteiger partial charge on any atom is 0.338 e. The third kappa shape index (κ3) is 3.55. The van der Waals surface area contributed by atoms with Gasteiger partial charge in [0, 0.05) is 13.0 Å². The molecular formula is C18H21N3O4. The molecule has 25 heavy (non-hydrogen) atoms. The SMILES string of the molecule is CC(OC(=O)c1ccc2c(=O)n3c(nc2c1)CCCCCC3)C(N)=O. The van der Waals surface area contributed by atoms with Crippen LogP contribution in [0.15, 0.2) is 23.0 Å². The van der Waals surface area contributed by atoms with Crippen molar-refractivity contribution in [3.05, 3.63) is 39.9 Å². The summed E-state index contributed by atoms with van der Waals surface area (Å²) in [5.74, 6) is -0.623. The highest BCUT2D eigenvalue weighted by Gasteiger charge is 2.18. The molecule has 0 fully saturated rings. The quantitative estimate of drug-likeness (QED) is 0.851. The van der Waals surface area contributed by atoms with Gasteiger partial charge in [-0.25, -0.2) is 9.78 Å². The van der Waals surface area contributed by atoms with Crippen LogP contribution >= 0.6 is 0 Å². The number of amides is 1. The second-order valence-corrected chi connectivity index (χ2v) is 6.33. The number of primary amides is 1. The lowest BCUT2D eigenvalue weighted by molar-refractivity contribution is -0.125. The molecule has 0 spiro atoms. The van der Waals surface area contributed by atoms with Gasteiger partial charge in [-0.1, -0.05) is 12.8 Å². The smallest absolute Gasteiger partial charge is 0.338 e. The van der Waals surface area contributed by atoms with Crippen LogP contribution in [0, 0.1) is 0 Å². The van der Waals surface area contributed by atoms with E-state index in [1.165, 1.54) is 19.1 Å². The van der Waals surface area contributed by atoms with Crippen molar-refractivity contribution in [1.82, 2.24) is 9.55 Å². The molecule has 1 aliphatic rings. The molecule has 0 bridgehead atoms. The lowest BCUT2D eigenvalue weighted by Crippen LogP contribution is -2.30. The summed E-state index contributed by atoms with van der Waals surface area (Å²) in [6, 6.07) is 4.63. The average molecular weight is 343 g/mol. The summed E-state index contributed by atoms with van der Waals surface area (Å²) in [5, 5.41) is 0.476. The van der Waals surface area contributed by atoms with Gasteiger partial charge in [0.2, 0.25) is 0 Å². The van der Waals surface area contributed by atoms with Crippen molar-refractivity contribution < 1.29 is 14.3 Å². The minimum atomic E-state index is -1.02. The lowest BCUT2D eigenvalue weighted by atomic mass is 10.1. The number of esters is 1. The number of fused-ring (bicyclic) bond motifs is 2. The number of nitrogens with zero attached hydrogens (tertiary/aromatic N) is 2. The normalized spacial score (nSPS) is 15.7. The van der Waals surface area contributed by atoms with E-state index in [0.29, 0.717) is 17.4 Å². The zero-order valence-corrected chi connectivity index (χ0v) is 14.2. The molecule has 0 saturated heterocycles. The Bertz CT molecular complexity index is 888. The van der Waals surface area contributed by atoms with E-state index in [1.807, 2.05) is 0 Å². The first-order chi connectivity index (χ1) is 12.0. The first-order valence-corrected chi connectivity index (χ1v) is 8.51. The molecule has 2 aromatic rings. The van der Waals surface area contributed by atoms with Gasteiger partial charge < -0.3 is 10.5 Å². The molecule has 1 amide bonds. The highest BCUT2D eigenvalue weighted by molar-refractivity contribution is 5.95. The van der Waals surface area contributed by atoms with Crippen molar-refractivity contribution in [3.8, 4) is 0 Å². The van der Waals surface area contributed by atoms with Crippen LogP contribution in [-0.4, -0.2) is 27.5 Å². The Balaban J connectivity index is 2.00. The molecule has 1 aliphatic heterocycles. The van der Waals surface area contributed by atoms with Crippen LogP contribution in [0.25, 0.3) is 10.9 Å². The summed E-state index contributed by atoms with van der Waals surface area (Å²) >= 11 is 0. The molecule has 1 unspecified atom stereocenters. The Hall–Kier alpha value is -2.70. The Kier molecular flexibility index (Phi) is 4.83. The molecule has 132 valence electrons. The fraction of sp³-hybridized carbons (Fsp3) is 0.444. The summed E-state index contributed by atoms with van der Waals surface area (Å²) in [7, 11) is 0. The molecule has 0 aliphatic carbocycles. The van der Waals surface area contributed by atoms with E-state index in [4.69, 9.17) is 10.5 Å². The number of carbonyl (C=O) groups is 2. The van der Waals surface area contributed by atoms with Crippen LogP contribution in [0.4, 0.5) is 0 Å². The molecule has 2 heterocycles. The standard InChI is InChI=1S/C18H21N3O4/c1-11(16(19)22)25-18(24)12-7-8-13-14(10-12)20-15-6-4-2-3-5-9-21(15)17(13)23/h7-8,10-11H,2-6,9H2,1H3,(H2,19,22). The van der Waals surface area contributed by atoms with E-state index in [9.17, 15) is 14.4 Å². The van der Waals surface area contributed by atoms with Crippen molar-refractivity contribution in [1.29, 1.82) is 0 Å². The molecule has 7 heteroatoms. The molecule has 1 atom stereocenters. The Morgan fingerprint density at radius 1 is 1.24 bits per heavy atom. The number of benzene rings is 1. The van der Waals surface area contributed by atoms with Gasteiger partial charge in [-0.2, -0.15) is 0 Å². The Morgan fingerprint density at radius 3 is 2.76 bits per heavy atom. The zero-order chi connectivity index (χ0) is 18.0. The number of ether oxygens (including phenoxy) is 1. The van der Waals surface area contributed by atoms with Crippen molar-refractivity contribution in [2.24, 2.45) is 5.73 Å². The maximum atomic E-state index is 12.7. The predicted octanol–water partition coefficient (Wildman–Crippen LogP) is 1.54. The van der Waals surface area contributed by atoms with E-state index in [0.717, 1.165) is 37.9 Å². The molecule has 1 aromatic carbocycles. The number of hydrogen-bond acceptors (Lipinski definition) is 5. The second-order valence-electron chi connectivity index (χ2n) is 6.33. The molecule has 2 N–H and O–H groups in total. The van der Waals surface area contributed by atoms with Gasteiger partial charge in [-0.15, -0.1) is 0 Å². The van der Waals surface area contributed by atoms with Crippen LogP contribution in [0.2, 0.25) is 0 Å². The fourth-order valence-corrected chi connectivity index (χ4v) is 3.01. The predicted molar refractivity (Wildman–Crippen MR) is 92.2 cm³/mol. The lowest BCUT2D eigenvalue weighted by Gasteiger charge is -2.16. The van der Waals surface area contributed by atoms with Crippen LogP contribution in [0.1, 0.15) is 48.8 Å². The van der Waals surface area contributed by atoms with Crippen molar-refractivity contribution in [3.63, 3.8) is 0 Å². The molecule has 1 aromatic heterocycles. The topological polar surface area (TPSA) is 104 Å². The second kappa shape index (κ2) is 7.04. The van der Waals surface area contributed by atoms with Crippen molar-refractivity contribution in [2.45, 2.75) is 51.7 Å². The molecule has 0 saturated carbocycles. The van der Waals surface area contributed by atoms with E-state index in [1.54, 1.807) is 10.6 Å². The monoisotopic (exact) mass is 343 g/mol. The number of rotatable bonds is 3. The molecular weight excluding hydrogens is 322 g/mol. The summed E-state index contributed by atoms with van der Waals surface area (Å²) in [5.41, 5.74) is 5.74. The minimum absolute atomic E-state index is 0.0766. The van der Waals surface area contributed by atoms with Gasteiger partial charge in [-0.05, 0) is 38.0 Å². The number of carbonyl (C=O) groups excluding carboxylic acids is 2. The molecule has 7 nitrogen and oxygen atoms in total. The highest BCUT2D eigenvalue weighted by Crippen LogP contribution is 2.17. The van der Waals surface area contributed by atoms with E-state index in [2.05, 4.69) is 4.98 Å². The van der Waals surface area contributed by atoms with Gasteiger partial charge in [-0.3, -0.25) is 14.2 Å². The van der Waals surface area contributed by atoms with Crippen LogP contribution in [0.3, 0.4) is 0 Å². The van der Waals surface area contributed by atoms with Gasteiger partial charge in [0.1, 0.15) is 5.82 Å². The van der Waals surface area contributed by atoms with Gasteiger partial charge in [0.05, 0.1) is 16.5 Å². The number of aromatic nitrogens is 2. The summed E-state index contributed by atoms with van der Waals surface area (Å²) in [4.78, 5) is 40.5. The van der Waals surface area contributed by atoms with Gasteiger partial charge in [0.15, 0.2) is 6.10 Å². The third-order valence-electron chi connectivity index (χ3n) is 4.49. The summed E-state index contributed by atoms with van der Waals surface area (Å²) in [6.45, 7) is 2.09. The van der Waals surface area contributed by atoms with E-state index < -0.39 is 18.0 Å². The van der Waals surface area contributed by atoms with E-state index in [-0.39, 0.29) is 11.1 Å². The van der Waals surface area contributed by atoms with E-state index >= 15 is 0 Å². The fourth-order valence-electron chi connectivity index (χ4n) is 3.01. The molecule has 0 radical (unpaired) electrons. The summed E-state index contributed by atoms with van der Waals surface area (Å²) < 4.78 is 6.75. The van der Waals surface area contributed by atoms with Crippen LogP contribution < -0.4 is 11.3 Å². The van der Waals surface area contributed by atoms with Crippen LogP contribution in [0.5, 0.6) is 0 Å². The zero-order valence-electron chi connectivity index (χ0n) is 14.2. The third-order valence-corrected chi connectivity index (χ3v) is 4.49. The van der Waals surface area contributed by atoms with Crippen LogP contribution in [-0.2, 0) is 22.5 Å². The first kappa shape index (κ1) is 17.1. The number of hydrogen-bond donors (Lipinski definition) is 1. The Labute approximate surface area is 144 Å². The van der Waals surface area contributed by atoms with Crippen molar-refractivity contribution in [2.75, 3.05) is 0 Å². The maximum absolute atomic E-state index is 12.7. The van der Waals surface area contributed by atoms with Gasteiger partial charge >= 0.3 is 5.97 Å². The Morgan fingerprint density at radius 2 is 2.00 bits per heavy atom. The van der Waals surface area contributed by atoms with Crippen molar-refractivity contribution >= 4 is 22.8 Å². The largest absolute Gasteiger partial charge is 0.449 e. The molecule has 3 rings (SSSR count). The number of nitrogens with two attached hydrogens (primary N) is 1. The highest BCUT2D eigenvalue weighted by atomic mass is 16.5. The minimum Gasteiger partial charge on any atom is -0.449 e. The number of aryl methyl sites for hydroxylation is 1. The average Bonchev–Trinajstić information content (AvgIpc) is 2.56. The van der Waals surface area contributed by atoms with Gasteiger partial charge in [0.25, 0.3) is 11.5 Å². The first-order valence-electron chi connectivity index (χ1n) is 8.51. The summed E-state index contributed by atoms with van der Waals surface area (Å²) in [6.07, 6.45) is 3.94.